The number of nitrogens with zero attached hydrogens (tertiary/aromatic N) is 2. The SMILES string of the molecule is CCN1/C(=C/C=C/C=C/C2=[N+](CCCCCCN[C@H](CC=S(C)(C)=O)C(C)C)c3ccc(SOO[O-])cc3C2(C)C)C(C)(C)c2cc(SOOO)ccc21. The monoisotopic (exact) mass is 801 g/mol. The van der Waals surface area contributed by atoms with Gasteiger partial charge in [0.1, 0.15) is 6.54 Å². The zero-order chi connectivity index (χ0) is 39.5. The molecule has 4 rings (SSSR count). The first-order chi connectivity index (χ1) is 25.6. The maximum atomic E-state index is 12.2. The number of rotatable bonds is 21. The van der Waals surface area contributed by atoms with Crippen molar-refractivity contribution in [1.82, 2.24) is 5.32 Å². The van der Waals surface area contributed by atoms with Crippen LogP contribution in [0.15, 0.2) is 82.3 Å². The summed E-state index contributed by atoms with van der Waals surface area (Å²) in [5.41, 5.74) is 6.56. The maximum absolute atomic E-state index is 12.2. The molecule has 2 N–H and O–H groups in total. The number of benzene rings is 2. The van der Waals surface area contributed by atoms with Gasteiger partial charge in [0.2, 0.25) is 5.69 Å². The zero-order valence-corrected chi connectivity index (χ0v) is 35.7. The lowest BCUT2D eigenvalue weighted by atomic mass is 9.81. The summed E-state index contributed by atoms with van der Waals surface area (Å²) in [6, 6.07) is 12.6. The second-order valence-electron chi connectivity index (χ2n) is 15.6. The van der Waals surface area contributed by atoms with Gasteiger partial charge in [0.25, 0.3) is 0 Å². The third kappa shape index (κ3) is 11.3. The lowest BCUT2D eigenvalue weighted by molar-refractivity contribution is -0.777. The summed E-state index contributed by atoms with van der Waals surface area (Å²) < 4.78 is 23.9. The van der Waals surface area contributed by atoms with Crippen molar-refractivity contribution in [2.75, 3.05) is 37.0 Å². The minimum absolute atomic E-state index is 0.242. The smallest absolute Gasteiger partial charge is 0.209 e. The Balaban J connectivity index is 1.48. The van der Waals surface area contributed by atoms with E-state index < -0.39 is 9.52 Å². The van der Waals surface area contributed by atoms with E-state index in [4.69, 9.17) is 5.26 Å². The average molecular weight is 802 g/mol. The first-order valence-electron chi connectivity index (χ1n) is 18.7. The molecule has 2 aromatic rings. The van der Waals surface area contributed by atoms with E-state index in [-0.39, 0.29) is 10.8 Å². The zero-order valence-electron chi connectivity index (χ0n) is 33.3. The van der Waals surface area contributed by atoms with E-state index in [0.29, 0.717) is 12.0 Å². The Hall–Kier alpha value is -2.43. The molecule has 10 nitrogen and oxygen atoms in total. The highest BCUT2D eigenvalue weighted by molar-refractivity contribution is 8.00. The number of nitrogens with one attached hydrogen (secondary N) is 1. The fourth-order valence-electron chi connectivity index (χ4n) is 7.42. The molecule has 54 heavy (non-hydrogen) atoms. The highest BCUT2D eigenvalue weighted by atomic mass is 32.2. The molecule has 2 heterocycles. The summed E-state index contributed by atoms with van der Waals surface area (Å²) in [6.07, 6.45) is 19.6. The van der Waals surface area contributed by atoms with Gasteiger partial charge in [-0.3, -0.25) is 9.25 Å². The molecule has 298 valence electrons. The van der Waals surface area contributed by atoms with Crippen LogP contribution in [-0.4, -0.2) is 63.3 Å². The van der Waals surface area contributed by atoms with Crippen molar-refractivity contribution in [1.29, 1.82) is 0 Å². The average Bonchev–Trinajstić information content (AvgIpc) is 3.47. The van der Waals surface area contributed by atoms with Gasteiger partial charge in [-0.05, 0) is 109 Å². The number of allylic oxidation sites excluding steroid dienone is 6. The molecule has 0 unspecified atom stereocenters. The van der Waals surface area contributed by atoms with Crippen LogP contribution in [0, 0.1) is 5.92 Å². The molecule has 2 aromatic carbocycles. The molecule has 0 aliphatic carbocycles. The van der Waals surface area contributed by atoms with Crippen molar-refractivity contribution in [3.8, 4) is 0 Å². The summed E-state index contributed by atoms with van der Waals surface area (Å²) in [7, 11) is -1.85. The Labute approximate surface area is 331 Å². The molecule has 1 atom stereocenters. The van der Waals surface area contributed by atoms with Gasteiger partial charge in [-0.15, -0.1) is 4.33 Å². The lowest BCUT2D eigenvalue weighted by Crippen LogP contribution is -2.35. The number of hydrogen-bond donors (Lipinski definition) is 2. The van der Waals surface area contributed by atoms with Gasteiger partial charge in [-0.2, -0.15) is 8.91 Å². The number of hydrogen-bond acceptors (Lipinski definition) is 11. The van der Waals surface area contributed by atoms with Gasteiger partial charge >= 0.3 is 0 Å². The van der Waals surface area contributed by atoms with E-state index in [1.54, 1.807) is 12.5 Å². The van der Waals surface area contributed by atoms with Gasteiger partial charge in [-0.25, -0.2) is 5.26 Å². The standard InChI is InChI=1S/C41H59N3O7S3/c1-10-43-36-22-20-31(52-50-48-45)28-33(36)40(4,5)38(43)18-14-13-15-19-39-41(6,7)34-29-32(53-51-49-46)21-23-37(34)44(39)26-17-12-11-16-25-42-35(30(2)3)24-27-54(8,9)47/h13-15,18-23,27-30,35,42H,10-12,16-17,24-26H2,1-9H3,(H-,45,46)/t35-/m1/s1. The molecule has 0 saturated heterocycles. The third-order valence-electron chi connectivity index (χ3n) is 10.4. The van der Waals surface area contributed by atoms with Crippen LogP contribution in [0.4, 0.5) is 11.4 Å². The molecule has 0 amide bonds. The van der Waals surface area contributed by atoms with E-state index in [2.05, 4.69) is 137 Å². The van der Waals surface area contributed by atoms with Crippen LogP contribution in [0.25, 0.3) is 0 Å². The Bertz CT molecular complexity index is 1820. The van der Waals surface area contributed by atoms with Gasteiger partial charge in [-0.1, -0.05) is 57.4 Å². The predicted molar refractivity (Wildman–Crippen MR) is 223 cm³/mol. The summed E-state index contributed by atoms with van der Waals surface area (Å²) in [4.78, 5) is 3.98. The second-order valence-corrected chi connectivity index (χ2v) is 20.1. The fourth-order valence-corrected chi connectivity index (χ4v) is 8.89. The van der Waals surface area contributed by atoms with Gasteiger partial charge in [0.05, 0.1) is 29.5 Å². The number of anilines is 1. The highest BCUT2D eigenvalue weighted by Gasteiger charge is 2.44. The number of fused-ring (bicyclic) bond motifs is 2. The van der Waals surface area contributed by atoms with Crippen LogP contribution in [0.3, 0.4) is 0 Å². The first kappa shape index (κ1) is 44.3. The minimum atomic E-state index is -1.85. The number of likely N-dealkylation sites (N-methyl/N-ethyl adjacent to an activating group) is 1. The Kier molecular flexibility index (Phi) is 16.5. The van der Waals surface area contributed by atoms with Crippen LogP contribution < -0.4 is 15.5 Å². The van der Waals surface area contributed by atoms with E-state index in [1.807, 2.05) is 17.5 Å². The fraction of sp³-hybridized carbons (Fsp3) is 0.512. The predicted octanol–water partition coefficient (Wildman–Crippen LogP) is 8.45. The minimum Gasteiger partial charge on any atom is -0.691 e. The Morgan fingerprint density at radius 1 is 0.944 bits per heavy atom. The first-order valence-corrected chi connectivity index (χ1v) is 22.6. The van der Waals surface area contributed by atoms with Crippen molar-refractivity contribution < 1.29 is 38.0 Å². The third-order valence-corrected chi connectivity index (χ3v) is 12.5. The largest absolute Gasteiger partial charge is 0.691 e. The summed E-state index contributed by atoms with van der Waals surface area (Å²) in [6.45, 7) is 18.2. The summed E-state index contributed by atoms with van der Waals surface area (Å²) >= 11 is 1.89. The quantitative estimate of drug-likeness (QED) is 0.0241. The van der Waals surface area contributed by atoms with Crippen molar-refractivity contribution in [2.24, 2.45) is 5.92 Å². The molecule has 0 fully saturated rings. The maximum Gasteiger partial charge on any atom is 0.209 e. The summed E-state index contributed by atoms with van der Waals surface area (Å²) in [5.74, 6) is 0.481. The second kappa shape index (κ2) is 20.1. The molecule has 0 saturated carbocycles. The highest BCUT2D eigenvalue weighted by Crippen LogP contribution is 2.49. The molecular weight excluding hydrogens is 743 g/mol. The van der Waals surface area contributed by atoms with Crippen LogP contribution in [0.1, 0.15) is 91.7 Å². The molecule has 13 heteroatoms. The van der Waals surface area contributed by atoms with Crippen molar-refractivity contribution >= 4 is 56.1 Å². The van der Waals surface area contributed by atoms with Crippen LogP contribution in [0.5, 0.6) is 0 Å². The van der Waals surface area contributed by atoms with E-state index in [9.17, 15) is 9.47 Å². The van der Waals surface area contributed by atoms with Crippen molar-refractivity contribution in [3.05, 3.63) is 83.6 Å². The molecule has 0 radical (unpaired) electrons. The molecule has 2 aliphatic heterocycles. The Morgan fingerprint density at radius 3 is 2.30 bits per heavy atom. The van der Waals surface area contributed by atoms with Crippen LogP contribution >= 0.6 is 24.1 Å². The Morgan fingerprint density at radius 2 is 1.63 bits per heavy atom. The number of unbranched alkanes of at least 4 members (excludes halogenated alkanes) is 3. The van der Waals surface area contributed by atoms with Gasteiger partial charge in [0, 0.05) is 75.8 Å². The van der Waals surface area contributed by atoms with Crippen molar-refractivity contribution in [3.63, 3.8) is 0 Å². The van der Waals surface area contributed by atoms with E-state index in [0.717, 1.165) is 97.0 Å². The van der Waals surface area contributed by atoms with Crippen molar-refractivity contribution in [2.45, 2.75) is 107 Å². The molecule has 0 bridgehead atoms. The van der Waals surface area contributed by atoms with Gasteiger partial charge < -0.3 is 15.5 Å². The molecule has 0 spiro atoms. The van der Waals surface area contributed by atoms with Crippen LogP contribution in [0.2, 0.25) is 0 Å². The van der Waals surface area contributed by atoms with Crippen LogP contribution in [-0.2, 0) is 39.1 Å². The molecular formula is C41H59N3O7S3. The topological polar surface area (TPSA) is 116 Å². The summed E-state index contributed by atoms with van der Waals surface area (Å²) in [5, 5.41) is 32.2. The van der Waals surface area contributed by atoms with Gasteiger partial charge in [0.15, 0.2) is 5.71 Å². The normalized spacial score (nSPS) is 17.8. The lowest BCUT2D eigenvalue weighted by Gasteiger charge is -2.25. The van der Waals surface area contributed by atoms with E-state index in [1.165, 1.54) is 22.5 Å². The molecule has 0 aromatic heterocycles. The molecule has 2 aliphatic rings. The van der Waals surface area contributed by atoms with E-state index >= 15 is 0 Å².